The van der Waals surface area contributed by atoms with Gasteiger partial charge >= 0.3 is 0 Å². The Morgan fingerprint density at radius 2 is 1.96 bits per heavy atom. The molecule has 2 N–H and O–H groups in total. The molecular weight excluding hydrogens is 342 g/mol. The summed E-state index contributed by atoms with van der Waals surface area (Å²) >= 11 is 0. The quantitative estimate of drug-likeness (QED) is 0.628. The fraction of sp³-hybridized carbons (Fsp3) is 0.560. The summed E-state index contributed by atoms with van der Waals surface area (Å²) in [7, 11) is 2.17. The molecule has 3 nitrogen and oxygen atoms in total. The van der Waals surface area contributed by atoms with Crippen molar-refractivity contribution in [3.05, 3.63) is 52.2 Å². The lowest BCUT2D eigenvalue weighted by Gasteiger charge is -2.33. The number of aryl methyl sites for hydroxylation is 1. The van der Waals surface area contributed by atoms with Crippen LogP contribution < -0.4 is 5.32 Å². The van der Waals surface area contributed by atoms with Gasteiger partial charge in [-0.1, -0.05) is 57.9 Å². The van der Waals surface area contributed by atoms with E-state index >= 15 is 0 Å². The molecule has 2 aliphatic rings. The molecule has 0 spiro atoms. The molecular formula is C25H37N3. The average Bonchev–Trinajstić information content (AvgIpc) is 2.69. The summed E-state index contributed by atoms with van der Waals surface area (Å²) in [5.74, 6) is 0.381. The van der Waals surface area contributed by atoms with Crippen molar-refractivity contribution in [2.45, 2.75) is 71.3 Å². The molecule has 0 aromatic heterocycles. The van der Waals surface area contributed by atoms with E-state index in [9.17, 15) is 5.41 Å². The molecule has 1 aliphatic heterocycles. The normalized spacial score (nSPS) is 19.2. The fourth-order valence-electron chi connectivity index (χ4n) is 4.70. The lowest BCUT2D eigenvalue weighted by Crippen LogP contribution is -2.39. The molecule has 3 rings (SSSR count). The highest BCUT2D eigenvalue weighted by Crippen LogP contribution is 2.31. The summed E-state index contributed by atoms with van der Waals surface area (Å²) in [5.41, 5.74) is 7.82. The summed E-state index contributed by atoms with van der Waals surface area (Å²) < 4.78 is 0. The minimum absolute atomic E-state index is 0.381. The zero-order chi connectivity index (χ0) is 20.3. The van der Waals surface area contributed by atoms with E-state index in [0.29, 0.717) is 17.7 Å². The Labute approximate surface area is 171 Å². The Balaban J connectivity index is 2.04. The largest absolute Gasteiger partial charge is 0.385 e. The predicted octanol–water partition coefficient (Wildman–Crippen LogP) is 5.64. The number of likely N-dealkylation sites (N-methyl/N-ethyl adjacent to an activating group) is 1. The van der Waals surface area contributed by atoms with Crippen LogP contribution in [0.1, 0.15) is 80.5 Å². The second-order valence-corrected chi connectivity index (χ2v) is 8.92. The van der Waals surface area contributed by atoms with Crippen molar-refractivity contribution in [2.24, 2.45) is 0 Å². The third kappa shape index (κ3) is 4.41. The van der Waals surface area contributed by atoms with Gasteiger partial charge in [-0.05, 0) is 49.4 Å². The molecule has 0 unspecified atom stereocenters. The molecule has 1 saturated carbocycles. The van der Waals surface area contributed by atoms with Gasteiger partial charge in [0.15, 0.2) is 0 Å². The lowest BCUT2D eigenvalue weighted by atomic mass is 9.84. The Kier molecular flexibility index (Phi) is 6.77. The van der Waals surface area contributed by atoms with E-state index in [1.54, 1.807) is 0 Å². The second-order valence-electron chi connectivity index (χ2n) is 8.92. The van der Waals surface area contributed by atoms with Gasteiger partial charge in [-0.2, -0.15) is 0 Å². The van der Waals surface area contributed by atoms with Crippen molar-refractivity contribution < 1.29 is 0 Å². The number of hydrogen-bond acceptors (Lipinski definition) is 3. The van der Waals surface area contributed by atoms with Gasteiger partial charge in [0, 0.05) is 42.4 Å². The molecule has 1 aliphatic carbocycles. The van der Waals surface area contributed by atoms with Crippen LogP contribution in [0.25, 0.3) is 6.08 Å². The van der Waals surface area contributed by atoms with E-state index in [-0.39, 0.29) is 0 Å². The number of nitrogens with one attached hydrogen (secondary N) is 2. The van der Waals surface area contributed by atoms with Gasteiger partial charge in [0.1, 0.15) is 0 Å². The molecule has 1 fully saturated rings. The molecule has 152 valence electrons. The van der Waals surface area contributed by atoms with E-state index < -0.39 is 0 Å². The summed E-state index contributed by atoms with van der Waals surface area (Å²) in [6.45, 7) is 12.5. The van der Waals surface area contributed by atoms with Gasteiger partial charge in [-0.15, -0.1) is 0 Å². The summed E-state index contributed by atoms with van der Waals surface area (Å²) in [5, 5.41) is 13.1. The van der Waals surface area contributed by atoms with Crippen LogP contribution in [0, 0.1) is 12.3 Å². The van der Waals surface area contributed by atoms with Crippen LogP contribution in [0.2, 0.25) is 0 Å². The lowest BCUT2D eigenvalue weighted by molar-refractivity contribution is 0.331. The van der Waals surface area contributed by atoms with Gasteiger partial charge in [0.25, 0.3) is 0 Å². The summed E-state index contributed by atoms with van der Waals surface area (Å²) in [6, 6.07) is 4.96. The topological polar surface area (TPSA) is 39.1 Å². The Hall–Kier alpha value is -1.87. The van der Waals surface area contributed by atoms with Crippen LogP contribution >= 0.6 is 0 Å². The van der Waals surface area contributed by atoms with Gasteiger partial charge in [0.05, 0.1) is 5.71 Å². The minimum Gasteiger partial charge on any atom is -0.385 e. The van der Waals surface area contributed by atoms with Crippen LogP contribution in [0.15, 0.2) is 30.0 Å². The van der Waals surface area contributed by atoms with E-state index in [4.69, 9.17) is 0 Å². The van der Waals surface area contributed by atoms with Crippen molar-refractivity contribution in [3.8, 4) is 0 Å². The zero-order valence-electron chi connectivity index (χ0n) is 18.2. The molecule has 1 aromatic rings. The number of benzene rings is 1. The highest BCUT2D eigenvalue weighted by Gasteiger charge is 2.26. The number of rotatable bonds is 6. The maximum Gasteiger partial charge on any atom is 0.0683 e. The van der Waals surface area contributed by atoms with E-state index in [2.05, 4.69) is 56.7 Å². The predicted molar refractivity (Wildman–Crippen MR) is 121 cm³/mol. The maximum atomic E-state index is 9.26. The van der Waals surface area contributed by atoms with Gasteiger partial charge in [-0.3, -0.25) is 5.41 Å². The van der Waals surface area contributed by atoms with Crippen LogP contribution in [0.5, 0.6) is 0 Å². The zero-order valence-corrected chi connectivity index (χ0v) is 18.2. The molecule has 0 radical (unpaired) electrons. The van der Waals surface area contributed by atoms with Crippen molar-refractivity contribution in [3.63, 3.8) is 0 Å². The molecule has 3 heteroatoms. The highest BCUT2D eigenvalue weighted by molar-refractivity contribution is 6.14. The van der Waals surface area contributed by atoms with Crippen LogP contribution in [0.3, 0.4) is 0 Å². The standard InChI is InChI=1S/C25H37N3/c1-6-20-18(4)12-13-21(17(2)3)24(20)25(26)22-16-28(5)15-14-23(22)27-19-10-8-7-9-11-19/h6,12-13,17,19,26-27H,1,7-11,14-16H2,2-5H3. The first-order valence-corrected chi connectivity index (χ1v) is 10.9. The molecule has 1 aromatic carbocycles. The first kappa shape index (κ1) is 20.9. The molecule has 0 bridgehead atoms. The van der Waals surface area contributed by atoms with Crippen LogP contribution in [-0.2, 0) is 0 Å². The van der Waals surface area contributed by atoms with Gasteiger partial charge in [-0.25, -0.2) is 0 Å². The molecule has 1 heterocycles. The van der Waals surface area contributed by atoms with Crippen LogP contribution in [-0.4, -0.2) is 36.8 Å². The fourth-order valence-corrected chi connectivity index (χ4v) is 4.70. The Morgan fingerprint density at radius 3 is 2.61 bits per heavy atom. The van der Waals surface area contributed by atoms with E-state index in [0.717, 1.165) is 30.6 Å². The SMILES string of the molecule is C=Cc1c(C)ccc(C(C)C)c1C(=N)C1=C(NC2CCCCC2)CCN(C)C1. The minimum atomic E-state index is 0.381. The van der Waals surface area contributed by atoms with Crippen molar-refractivity contribution >= 4 is 11.8 Å². The van der Waals surface area contributed by atoms with Crippen molar-refractivity contribution in [1.82, 2.24) is 10.2 Å². The van der Waals surface area contributed by atoms with Crippen molar-refractivity contribution in [2.75, 3.05) is 20.1 Å². The van der Waals surface area contributed by atoms with Crippen molar-refractivity contribution in [1.29, 1.82) is 5.41 Å². The molecule has 0 saturated heterocycles. The molecule has 0 atom stereocenters. The first-order valence-electron chi connectivity index (χ1n) is 10.9. The Bertz CT molecular complexity index is 766. The monoisotopic (exact) mass is 379 g/mol. The third-order valence-corrected chi connectivity index (χ3v) is 6.39. The smallest absolute Gasteiger partial charge is 0.0683 e. The third-order valence-electron chi connectivity index (χ3n) is 6.39. The molecule has 0 amide bonds. The second kappa shape index (κ2) is 9.09. The maximum absolute atomic E-state index is 9.26. The van der Waals surface area contributed by atoms with Gasteiger partial charge < -0.3 is 10.2 Å². The Morgan fingerprint density at radius 1 is 1.25 bits per heavy atom. The van der Waals surface area contributed by atoms with Crippen LogP contribution in [0.4, 0.5) is 0 Å². The highest BCUT2D eigenvalue weighted by atomic mass is 15.1. The summed E-state index contributed by atoms with van der Waals surface area (Å²) in [4.78, 5) is 2.34. The van der Waals surface area contributed by atoms with Gasteiger partial charge in [0.2, 0.25) is 0 Å². The molecule has 28 heavy (non-hydrogen) atoms. The summed E-state index contributed by atoms with van der Waals surface area (Å²) in [6.07, 6.45) is 9.50. The average molecular weight is 380 g/mol. The first-order chi connectivity index (χ1) is 13.4. The van der Waals surface area contributed by atoms with E-state index in [1.165, 1.54) is 54.5 Å². The number of nitrogens with zero attached hydrogens (tertiary/aromatic N) is 1. The number of hydrogen-bond donors (Lipinski definition) is 2. The van der Waals surface area contributed by atoms with E-state index in [1.807, 2.05) is 6.08 Å².